The number of ether oxygens (including phenoxy) is 9. The molecule has 4 aliphatic heterocycles. The van der Waals surface area contributed by atoms with Gasteiger partial charge < -0.3 is 113 Å². The third kappa shape index (κ3) is 14.7. The fraction of sp³-hybridized carbons (Fsp3) is 0.352. The maximum absolute atomic E-state index is 13.3. The lowest BCUT2D eigenvalue weighted by molar-refractivity contribution is -0.357. The number of benzene rings is 4. The van der Waals surface area contributed by atoms with Gasteiger partial charge >= 0.3 is 23.9 Å². The number of esters is 3. The normalized spacial score (nSPS) is 28.6. The molecule has 0 spiro atoms. The summed E-state index contributed by atoms with van der Waals surface area (Å²) in [6.45, 7) is -2.30. The summed E-state index contributed by atoms with van der Waals surface area (Å²) >= 11 is 0. The molecule has 432 valence electrons. The standard InChI is InChI=1S/C54H54O27/c55-27-9-1-24(2-10-27)5-15-39(61)72-21-35-42(64)46(68)49(71)53(79-35)81-51-47(69)44(66)37(22-73-40(62)16-6-25-3-11-28(56)12-4-25)80-54(51)77-34-19-31-32(75-50(34)26-7-13-29(57)14-8-26)17-30(58)18-33(31)76-52-48(70)45(67)43(65)36(78-52)23-74-41(63)20-38(59)60/h1-19,35-37,42-49,51-57,64-71H,20-23H2,(H,59,60)/p+1/t35-,36-,37-,42-,43-,44-,45+,46+,47+,48-,49-,51-,52-,53+,54-/m1/s1. The number of phenols is 3. The van der Waals surface area contributed by atoms with Crippen molar-refractivity contribution in [3.63, 3.8) is 0 Å². The Kier molecular flexibility index (Phi) is 19.0. The number of aliphatic carboxylic acids is 1. The lowest BCUT2D eigenvalue weighted by Crippen LogP contribution is -2.65. The summed E-state index contributed by atoms with van der Waals surface area (Å²) < 4.78 is 57.9. The van der Waals surface area contributed by atoms with E-state index in [0.717, 1.165) is 24.3 Å². The van der Waals surface area contributed by atoms with Crippen LogP contribution in [0.5, 0.6) is 28.7 Å². The van der Waals surface area contributed by atoms with E-state index < -0.39 is 159 Å². The molecule has 3 aromatic rings. The van der Waals surface area contributed by atoms with Gasteiger partial charge in [0, 0.05) is 23.8 Å². The van der Waals surface area contributed by atoms with Gasteiger partial charge in [0.05, 0.1) is 11.6 Å². The van der Waals surface area contributed by atoms with E-state index in [4.69, 9.17) is 52.2 Å². The summed E-state index contributed by atoms with van der Waals surface area (Å²) in [6, 6.07) is 19.9. The van der Waals surface area contributed by atoms with E-state index in [9.17, 15) is 80.1 Å². The summed E-state index contributed by atoms with van der Waals surface area (Å²) in [6.07, 6.45) is -25.3. The van der Waals surface area contributed by atoms with Crippen LogP contribution in [0.2, 0.25) is 0 Å². The van der Waals surface area contributed by atoms with Crippen LogP contribution in [0.15, 0.2) is 112 Å². The molecule has 0 aromatic heterocycles. The van der Waals surface area contributed by atoms with Crippen LogP contribution in [0.1, 0.15) is 17.5 Å². The zero-order chi connectivity index (χ0) is 58.2. The van der Waals surface area contributed by atoms with E-state index in [-0.39, 0.29) is 39.9 Å². The fourth-order valence-electron chi connectivity index (χ4n) is 8.45. The number of aliphatic hydroxyl groups excluding tert-OH is 8. The van der Waals surface area contributed by atoms with Gasteiger partial charge in [0.25, 0.3) is 0 Å². The van der Waals surface area contributed by atoms with Crippen LogP contribution in [0, 0.1) is 0 Å². The lowest BCUT2D eigenvalue weighted by Gasteiger charge is -2.45. The molecular formula is C54H55O27+. The number of rotatable bonds is 19. The third-order valence-electron chi connectivity index (χ3n) is 12.8. The van der Waals surface area contributed by atoms with Crippen molar-refractivity contribution >= 4 is 36.0 Å². The Bertz CT molecular complexity index is 3070. The maximum atomic E-state index is 13.3. The molecule has 3 fully saturated rings. The van der Waals surface area contributed by atoms with Crippen LogP contribution in [-0.4, -0.2) is 202 Å². The van der Waals surface area contributed by atoms with Crippen molar-refractivity contribution in [3.05, 3.63) is 124 Å². The summed E-state index contributed by atoms with van der Waals surface area (Å²) in [5.41, 5.74) is 0.229. The van der Waals surface area contributed by atoms with E-state index in [1.165, 1.54) is 91.0 Å². The average molecular weight is 1140 g/mol. The molecular weight excluding hydrogens is 1080 g/mol. The number of aliphatic hydroxyl groups is 8. The first kappa shape index (κ1) is 59.1. The Morgan fingerprint density at radius 3 is 1.63 bits per heavy atom. The molecule has 13 N–H and O–H groups in total. The number of hydrogen-bond donors (Lipinski definition) is 12. The predicted molar refractivity (Wildman–Crippen MR) is 270 cm³/mol. The van der Waals surface area contributed by atoms with Gasteiger partial charge in [-0.15, -0.1) is 0 Å². The number of carboxylic acid groups (broad SMARTS) is 1. The number of phenolic OH excluding ortho intramolecular Hbond substituents is 3. The number of carbonyl (C=O) groups excluding carboxylic acids is 3. The number of carbonyl (C=O) groups is 3. The van der Waals surface area contributed by atoms with E-state index in [1.807, 2.05) is 0 Å². The van der Waals surface area contributed by atoms with E-state index >= 15 is 0 Å². The minimum absolute atomic E-state index is 0.00517. The number of fused-ring (bicyclic) bond motifs is 1. The molecule has 4 heterocycles. The Morgan fingerprint density at radius 2 is 1.04 bits per heavy atom. The van der Waals surface area contributed by atoms with Crippen molar-refractivity contribution in [2.75, 3.05) is 19.8 Å². The number of aromatic hydroxyl groups is 3. The molecule has 0 amide bonds. The quantitative estimate of drug-likeness (QED) is 0.0159. The molecule has 15 atom stereocenters. The van der Waals surface area contributed by atoms with Crippen LogP contribution in [-0.2, 0) is 47.5 Å². The summed E-state index contributed by atoms with van der Waals surface area (Å²) in [7, 11) is 0. The first-order valence-electron chi connectivity index (χ1n) is 24.6. The maximum Gasteiger partial charge on any atom is 0.510 e. The second-order valence-corrected chi connectivity index (χ2v) is 18.6. The van der Waals surface area contributed by atoms with Crippen LogP contribution in [0.4, 0.5) is 0 Å². The van der Waals surface area contributed by atoms with E-state index in [0.29, 0.717) is 11.1 Å². The topological polar surface area (TPSA) is 429 Å². The Morgan fingerprint density at radius 1 is 0.543 bits per heavy atom. The zero-order valence-corrected chi connectivity index (χ0v) is 42.0. The molecule has 0 saturated carbocycles. The molecule has 0 radical (unpaired) electrons. The third-order valence-corrected chi connectivity index (χ3v) is 12.8. The van der Waals surface area contributed by atoms with Crippen molar-refractivity contribution in [1.82, 2.24) is 0 Å². The van der Waals surface area contributed by atoms with Crippen molar-refractivity contribution in [2.45, 2.75) is 98.5 Å². The van der Waals surface area contributed by atoms with Crippen LogP contribution < -0.4 is 14.9 Å². The highest BCUT2D eigenvalue weighted by molar-refractivity contribution is 5.90. The van der Waals surface area contributed by atoms with Gasteiger partial charge in [0.2, 0.25) is 19.2 Å². The summed E-state index contributed by atoms with van der Waals surface area (Å²) in [5.74, 6) is -6.01. The summed E-state index contributed by atoms with van der Waals surface area (Å²) in [4.78, 5) is 59.7. The average Bonchev–Trinajstić information content (AvgIpc) is 3.51. The number of carboxylic acids is 1. The number of hydrogen-bond acceptors (Lipinski definition) is 25. The molecule has 8 rings (SSSR count). The SMILES string of the molecule is O=C(O)CC(=O)OC[C@H]1O[C@@H](Oc2cc(=O)cc3oc(-c4ccc(O)cc4)c(O[C@@H]4O[C@H](COC(=O)C=Cc5ccc(O)cc5)[C@@H](O)[C@H](O)[C@H]4O[C@@H]4O[C@H](COC(=[OH+])C=Cc5ccc(O)cc5)[C@@H](O)[C@H](O)[C@H]4O)cc2-3)[C@H](O)[C@@H](O)[C@@H]1O. The molecule has 1 aliphatic carbocycles. The molecule has 27 nitrogen and oxygen atoms in total. The molecule has 3 aromatic carbocycles. The van der Waals surface area contributed by atoms with Crippen LogP contribution in [0.25, 0.3) is 34.8 Å². The van der Waals surface area contributed by atoms with Crippen molar-refractivity contribution < 1.29 is 128 Å². The zero-order valence-electron chi connectivity index (χ0n) is 42.0. The fourth-order valence-corrected chi connectivity index (χ4v) is 8.45. The smallest absolute Gasteiger partial charge is 0.508 e. The highest BCUT2D eigenvalue weighted by Gasteiger charge is 2.53. The molecule has 5 aliphatic rings. The van der Waals surface area contributed by atoms with Crippen molar-refractivity contribution in [3.8, 4) is 51.4 Å². The van der Waals surface area contributed by atoms with E-state index in [2.05, 4.69) is 0 Å². The van der Waals surface area contributed by atoms with Gasteiger partial charge in [-0.25, -0.2) is 4.79 Å². The second-order valence-electron chi connectivity index (χ2n) is 18.6. The lowest BCUT2D eigenvalue weighted by atomic mass is 9.97. The molecule has 3 saturated heterocycles. The second kappa shape index (κ2) is 26.0. The van der Waals surface area contributed by atoms with Crippen LogP contribution >= 0.6 is 0 Å². The van der Waals surface area contributed by atoms with Crippen LogP contribution in [0.3, 0.4) is 0 Å². The molecule has 0 unspecified atom stereocenters. The van der Waals surface area contributed by atoms with Gasteiger partial charge in [0.1, 0.15) is 116 Å². The largest absolute Gasteiger partial charge is 0.510 e. The summed E-state index contributed by atoms with van der Waals surface area (Å²) in [5, 5.41) is 127. The Balaban J connectivity index is 1.12. The van der Waals surface area contributed by atoms with Gasteiger partial charge in [-0.1, -0.05) is 24.3 Å². The highest BCUT2D eigenvalue weighted by Crippen LogP contribution is 2.43. The van der Waals surface area contributed by atoms with Gasteiger partial charge in [-0.2, -0.15) is 0 Å². The molecule has 27 heteroatoms. The minimum atomic E-state index is -2.14. The first-order chi connectivity index (χ1) is 38.6. The predicted octanol–water partition coefficient (Wildman–Crippen LogP) is -0.760. The molecule has 81 heavy (non-hydrogen) atoms. The van der Waals surface area contributed by atoms with Crippen molar-refractivity contribution in [1.29, 1.82) is 0 Å². The first-order valence-corrected chi connectivity index (χ1v) is 24.6. The Labute approximate surface area is 456 Å². The Hall–Kier alpha value is -8.03. The van der Waals surface area contributed by atoms with Gasteiger partial charge in [-0.05, 0) is 77.9 Å². The highest BCUT2D eigenvalue weighted by atomic mass is 16.8. The monoisotopic (exact) mass is 1140 g/mol. The molecule has 0 bridgehead atoms. The van der Waals surface area contributed by atoms with E-state index in [1.54, 1.807) is 0 Å². The van der Waals surface area contributed by atoms with Crippen molar-refractivity contribution in [2.24, 2.45) is 0 Å². The van der Waals surface area contributed by atoms with Gasteiger partial charge in [-0.3, -0.25) is 14.4 Å². The van der Waals surface area contributed by atoms with Gasteiger partial charge in [0.15, 0.2) is 29.3 Å². The minimum Gasteiger partial charge on any atom is -0.508 e.